The van der Waals surface area contributed by atoms with Crippen LogP contribution in [0.3, 0.4) is 0 Å². The van der Waals surface area contributed by atoms with Gasteiger partial charge < -0.3 is 5.32 Å². The Balaban J connectivity index is 1.76. The summed E-state index contributed by atoms with van der Waals surface area (Å²) < 4.78 is 0. The van der Waals surface area contributed by atoms with Gasteiger partial charge in [-0.15, -0.1) is 0 Å². The molecule has 0 aliphatic carbocycles. The van der Waals surface area contributed by atoms with Crippen LogP contribution < -0.4 is 5.32 Å². The largest absolute Gasteiger partial charge is 0.313 e. The molecule has 0 aliphatic rings. The second-order valence-corrected chi connectivity index (χ2v) is 8.29. The van der Waals surface area contributed by atoms with Gasteiger partial charge in [0, 0.05) is 6.54 Å². The van der Waals surface area contributed by atoms with Crippen molar-refractivity contribution < 1.29 is 0 Å². The first-order valence-corrected chi connectivity index (χ1v) is 12.1. The molecule has 0 heterocycles. The summed E-state index contributed by atoms with van der Waals surface area (Å²) in [4.78, 5) is 0. The summed E-state index contributed by atoms with van der Waals surface area (Å²) in [6.07, 6.45) is 22.6. The quantitative estimate of drug-likeness (QED) is 0.246. The molecule has 0 unspecified atom stereocenters. The fourth-order valence-corrected chi connectivity index (χ4v) is 3.78. The van der Waals surface area contributed by atoms with Crippen LogP contribution in [0.5, 0.6) is 0 Å². The molecule has 0 saturated heterocycles. The first-order valence-electron chi connectivity index (χ1n) is 12.1. The second kappa shape index (κ2) is 19.0. The van der Waals surface area contributed by atoms with Crippen LogP contribution in [0.2, 0.25) is 0 Å². The number of hydrogen-bond acceptors (Lipinski definition) is 2. The van der Waals surface area contributed by atoms with Crippen molar-refractivity contribution in [3.05, 3.63) is 35.4 Å². The van der Waals surface area contributed by atoms with Gasteiger partial charge in [-0.05, 0) is 30.7 Å². The number of unbranched alkanes of at least 4 members (excludes halogenated alkanes) is 15. The van der Waals surface area contributed by atoms with Crippen molar-refractivity contribution in [2.45, 2.75) is 116 Å². The molecular weight excluding hydrogens is 340 g/mol. The average Bonchev–Trinajstić information content (AvgIpc) is 2.73. The van der Waals surface area contributed by atoms with Gasteiger partial charge in [0.15, 0.2) is 0 Å². The molecule has 1 aromatic carbocycles. The highest BCUT2D eigenvalue weighted by atomic mass is 14.8. The third kappa shape index (κ3) is 14.7. The van der Waals surface area contributed by atoms with Gasteiger partial charge in [0.05, 0.1) is 11.6 Å². The number of benzene rings is 1. The molecule has 0 spiro atoms. The summed E-state index contributed by atoms with van der Waals surface area (Å²) in [5, 5.41) is 12.4. The van der Waals surface area contributed by atoms with Crippen molar-refractivity contribution in [3.63, 3.8) is 0 Å². The topological polar surface area (TPSA) is 35.8 Å². The molecule has 0 fully saturated rings. The Bertz CT molecular complexity index is 503. The van der Waals surface area contributed by atoms with Gasteiger partial charge in [0.1, 0.15) is 0 Å². The SMILES string of the molecule is CCCCCCCCCCCCCCCCCCNCc1cccc(C#N)c1. The maximum atomic E-state index is 8.92. The number of nitriles is 1. The fraction of sp³-hybridized carbons (Fsp3) is 0.731. The monoisotopic (exact) mass is 384 g/mol. The molecule has 0 aromatic heterocycles. The number of nitrogens with zero attached hydrogens (tertiary/aromatic N) is 1. The first kappa shape index (κ1) is 24.7. The molecule has 0 radical (unpaired) electrons. The van der Waals surface area contributed by atoms with Crippen LogP contribution in [0, 0.1) is 11.3 Å². The van der Waals surface area contributed by atoms with E-state index in [1.165, 1.54) is 108 Å². The Morgan fingerprint density at radius 2 is 1.21 bits per heavy atom. The van der Waals surface area contributed by atoms with Crippen LogP contribution >= 0.6 is 0 Å². The molecule has 0 aliphatic heterocycles. The number of rotatable bonds is 19. The minimum Gasteiger partial charge on any atom is -0.313 e. The normalized spacial score (nSPS) is 10.9. The van der Waals surface area contributed by atoms with Gasteiger partial charge in [-0.1, -0.05) is 115 Å². The van der Waals surface area contributed by atoms with E-state index in [2.05, 4.69) is 24.4 Å². The molecular formula is C26H44N2. The summed E-state index contributed by atoms with van der Waals surface area (Å²) >= 11 is 0. The maximum Gasteiger partial charge on any atom is 0.0991 e. The smallest absolute Gasteiger partial charge is 0.0991 e. The summed E-state index contributed by atoms with van der Waals surface area (Å²) in [6, 6.07) is 10.1. The van der Waals surface area contributed by atoms with E-state index in [4.69, 9.17) is 5.26 Å². The van der Waals surface area contributed by atoms with E-state index in [-0.39, 0.29) is 0 Å². The van der Waals surface area contributed by atoms with Crippen LogP contribution in [0.1, 0.15) is 121 Å². The van der Waals surface area contributed by atoms with E-state index < -0.39 is 0 Å². The van der Waals surface area contributed by atoms with E-state index >= 15 is 0 Å². The highest BCUT2D eigenvalue weighted by Crippen LogP contribution is 2.13. The lowest BCUT2D eigenvalue weighted by Gasteiger charge is -2.06. The van der Waals surface area contributed by atoms with E-state index in [1.54, 1.807) is 0 Å². The first-order chi connectivity index (χ1) is 13.9. The van der Waals surface area contributed by atoms with Gasteiger partial charge in [-0.25, -0.2) is 0 Å². The molecule has 0 bridgehead atoms. The third-order valence-electron chi connectivity index (χ3n) is 5.59. The zero-order valence-corrected chi connectivity index (χ0v) is 18.5. The van der Waals surface area contributed by atoms with Gasteiger partial charge in [-0.2, -0.15) is 5.26 Å². The Morgan fingerprint density at radius 1 is 0.714 bits per heavy atom. The highest BCUT2D eigenvalue weighted by molar-refractivity contribution is 5.32. The molecule has 158 valence electrons. The van der Waals surface area contributed by atoms with Crippen LogP contribution in [0.4, 0.5) is 0 Å². The molecule has 2 nitrogen and oxygen atoms in total. The third-order valence-corrected chi connectivity index (χ3v) is 5.59. The van der Waals surface area contributed by atoms with Gasteiger partial charge >= 0.3 is 0 Å². The molecule has 0 saturated carbocycles. The van der Waals surface area contributed by atoms with Crippen molar-refractivity contribution in [3.8, 4) is 6.07 Å². The average molecular weight is 385 g/mol. The zero-order chi connectivity index (χ0) is 20.1. The summed E-state index contributed by atoms with van der Waals surface area (Å²) in [5.41, 5.74) is 1.96. The lowest BCUT2D eigenvalue weighted by molar-refractivity contribution is 0.525. The number of nitrogens with one attached hydrogen (secondary N) is 1. The molecule has 1 rings (SSSR count). The van der Waals surface area contributed by atoms with E-state index in [0.717, 1.165) is 18.7 Å². The Labute approximate surface area is 175 Å². The second-order valence-electron chi connectivity index (χ2n) is 8.29. The van der Waals surface area contributed by atoms with E-state index in [0.29, 0.717) is 0 Å². The Hall–Kier alpha value is -1.33. The molecule has 0 amide bonds. The predicted molar refractivity (Wildman–Crippen MR) is 122 cm³/mol. The fourth-order valence-electron chi connectivity index (χ4n) is 3.78. The van der Waals surface area contributed by atoms with Crippen LogP contribution in [-0.4, -0.2) is 6.54 Å². The minimum absolute atomic E-state index is 0.752. The van der Waals surface area contributed by atoms with Crippen molar-refractivity contribution in [2.75, 3.05) is 6.54 Å². The van der Waals surface area contributed by atoms with Crippen molar-refractivity contribution in [2.24, 2.45) is 0 Å². The zero-order valence-electron chi connectivity index (χ0n) is 18.5. The molecule has 0 atom stereocenters. The molecule has 2 heteroatoms. The molecule has 1 N–H and O–H groups in total. The van der Waals surface area contributed by atoms with Crippen LogP contribution in [0.15, 0.2) is 24.3 Å². The summed E-state index contributed by atoms with van der Waals surface area (Å²) in [7, 11) is 0. The van der Waals surface area contributed by atoms with Crippen LogP contribution in [-0.2, 0) is 6.54 Å². The lowest BCUT2D eigenvalue weighted by Crippen LogP contribution is -2.14. The predicted octanol–water partition coefficient (Wildman–Crippen LogP) is 7.91. The Morgan fingerprint density at radius 3 is 1.71 bits per heavy atom. The lowest BCUT2D eigenvalue weighted by atomic mass is 10.0. The molecule has 1 aromatic rings. The molecule has 28 heavy (non-hydrogen) atoms. The standard InChI is InChI=1S/C26H44N2/c1-2-3-4-5-6-7-8-9-10-11-12-13-14-15-16-17-21-28-24-26-20-18-19-25(22-26)23-27/h18-20,22,28H,2-17,21,24H2,1H3. The minimum atomic E-state index is 0.752. The maximum absolute atomic E-state index is 8.92. The summed E-state index contributed by atoms with van der Waals surface area (Å²) in [6.45, 7) is 4.24. The van der Waals surface area contributed by atoms with E-state index in [1.807, 2.05) is 18.2 Å². The summed E-state index contributed by atoms with van der Waals surface area (Å²) in [5.74, 6) is 0. The van der Waals surface area contributed by atoms with Gasteiger partial charge in [-0.3, -0.25) is 0 Å². The van der Waals surface area contributed by atoms with Crippen LogP contribution in [0.25, 0.3) is 0 Å². The van der Waals surface area contributed by atoms with Gasteiger partial charge in [0.2, 0.25) is 0 Å². The van der Waals surface area contributed by atoms with Crippen molar-refractivity contribution in [1.29, 1.82) is 5.26 Å². The van der Waals surface area contributed by atoms with Crippen molar-refractivity contribution >= 4 is 0 Å². The van der Waals surface area contributed by atoms with Crippen molar-refractivity contribution in [1.82, 2.24) is 5.32 Å². The Kier molecular flexibility index (Phi) is 16.8. The van der Waals surface area contributed by atoms with E-state index in [9.17, 15) is 0 Å². The van der Waals surface area contributed by atoms with Gasteiger partial charge in [0.25, 0.3) is 0 Å². The number of hydrogen-bond donors (Lipinski definition) is 1. The highest BCUT2D eigenvalue weighted by Gasteiger charge is 1.96.